The minimum absolute atomic E-state index is 0.127. The smallest absolute Gasteiger partial charge is 0.272 e. The summed E-state index contributed by atoms with van der Waals surface area (Å²) in [5.74, 6) is -0.127. The third-order valence-corrected chi connectivity index (χ3v) is 2.98. The predicted molar refractivity (Wildman–Crippen MR) is 59.4 cm³/mol. The van der Waals surface area contributed by atoms with Crippen LogP contribution in [0, 0.1) is 13.8 Å². The molecule has 5 heteroatoms. The van der Waals surface area contributed by atoms with Gasteiger partial charge in [-0.1, -0.05) is 0 Å². The lowest BCUT2D eigenvalue weighted by Gasteiger charge is -2.09. The molecule has 88 valence electrons. The molecule has 0 aromatic carbocycles. The molecule has 0 saturated carbocycles. The first-order valence-electron chi connectivity index (χ1n) is 5.60. The van der Waals surface area contributed by atoms with Gasteiger partial charge in [-0.25, -0.2) is 0 Å². The van der Waals surface area contributed by atoms with Crippen LogP contribution in [0.15, 0.2) is 0 Å². The van der Waals surface area contributed by atoms with E-state index in [-0.39, 0.29) is 12.0 Å². The zero-order valence-corrected chi connectivity index (χ0v) is 9.67. The number of aromatic amines is 1. The van der Waals surface area contributed by atoms with Crippen LogP contribution in [0.1, 0.15) is 34.6 Å². The topological polar surface area (TPSA) is 67.0 Å². The number of carbonyl (C=O) groups is 1. The Hall–Kier alpha value is -1.36. The second kappa shape index (κ2) is 4.65. The number of aromatic nitrogens is 2. The molecule has 0 radical (unpaired) electrons. The number of amides is 1. The zero-order valence-electron chi connectivity index (χ0n) is 9.67. The molecule has 1 unspecified atom stereocenters. The summed E-state index contributed by atoms with van der Waals surface area (Å²) in [6.07, 6.45) is 2.28. The van der Waals surface area contributed by atoms with Gasteiger partial charge in [-0.2, -0.15) is 5.10 Å². The molecule has 1 atom stereocenters. The lowest BCUT2D eigenvalue weighted by atomic mass is 10.2. The summed E-state index contributed by atoms with van der Waals surface area (Å²) < 4.78 is 5.43. The monoisotopic (exact) mass is 223 g/mol. The molecule has 1 fully saturated rings. The van der Waals surface area contributed by atoms with E-state index in [1.807, 2.05) is 13.8 Å². The molecule has 0 aliphatic carbocycles. The first-order valence-corrected chi connectivity index (χ1v) is 5.60. The summed E-state index contributed by atoms with van der Waals surface area (Å²) in [5, 5.41) is 9.63. The van der Waals surface area contributed by atoms with E-state index in [4.69, 9.17) is 4.74 Å². The van der Waals surface area contributed by atoms with E-state index in [0.717, 1.165) is 30.7 Å². The molecule has 2 rings (SSSR count). The molecule has 0 spiro atoms. The van der Waals surface area contributed by atoms with Crippen LogP contribution < -0.4 is 5.32 Å². The van der Waals surface area contributed by atoms with Crippen molar-refractivity contribution in [2.24, 2.45) is 0 Å². The Labute approximate surface area is 94.6 Å². The number of hydrogen-bond acceptors (Lipinski definition) is 3. The number of carbonyl (C=O) groups excluding carboxylic acids is 1. The second-order valence-electron chi connectivity index (χ2n) is 4.17. The number of H-pyrrole nitrogens is 1. The first kappa shape index (κ1) is 11.1. The van der Waals surface area contributed by atoms with Gasteiger partial charge in [-0.05, 0) is 26.7 Å². The molecular formula is C11H17N3O2. The third-order valence-electron chi connectivity index (χ3n) is 2.98. The van der Waals surface area contributed by atoms with Gasteiger partial charge >= 0.3 is 0 Å². The van der Waals surface area contributed by atoms with Gasteiger partial charge in [0, 0.05) is 24.4 Å². The maximum Gasteiger partial charge on any atom is 0.272 e. The summed E-state index contributed by atoms with van der Waals surface area (Å²) >= 11 is 0. The molecule has 2 heterocycles. The second-order valence-corrected chi connectivity index (χ2v) is 4.17. The van der Waals surface area contributed by atoms with Crippen LogP contribution in [0.5, 0.6) is 0 Å². The van der Waals surface area contributed by atoms with Crippen LogP contribution in [0.2, 0.25) is 0 Å². The van der Waals surface area contributed by atoms with Crippen molar-refractivity contribution in [3.05, 3.63) is 17.0 Å². The molecule has 0 bridgehead atoms. The minimum atomic E-state index is -0.127. The lowest BCUT2D eigenvalue weighted by molar-refractivity contribution is 0.0853. The minimum Gasteiger partial charge on any atom is -0.376 e. The van der Waals surface area contributed by atoms with Crippen LogP contribution in [-0.4, -0.2) is 35.4 Å². The Balaban J connectivity index is 1.90. The fraction of sp³-hybridized carbons (Fsp3) is 0.636. The molecule has 1 aromatic rings. The number of rotatable bonds is 3. The van der Waals surface area contributed by atoms with E-state index in [2.05, 4.69) is 15.5 Å². The summed E-state index contributed by atoms with van der Waals surface area (Å²) in [7, 11) is 0. The van der Waals surface area contributed by atoms with E-state index in [1.165, 1.54) is 0 Å². The molecule has 2 N–H and O–H groups in total. The summed E-state index contributed by atoms with van der Waals surface area (Å²) in [5.41, 5.74) is 2.32. The summed E-state index contributed by atoms with van der Waals surface area (Å²) in [6.45, 7) is 5.17. The first-order chi connectivity index (χ1) is 7.68. The number of nitrogens with zero attached hydrogens (tertiary/aromatic N) is 1. The fourth-order valence-corrected chi connectivity index (χ4v) is 1.80. The van der Waals surface area contributed by atoms with E-state index in [9.17, 15) is 4.79 Å². The highest BCUT2D eigenvalue weighted by Gasteiger charge is 2.18. The van der Waals surface area contributed by atoms with Gasteiger partial charge in [-0.3, -0.25) is 9.89 Å². The molecule has 16 heavy (non-hydrogen) atoms. The van der Waals surface area contributed by atoms with Crippen molar-refractivity contribution < 1.29 is 9.53 Å². The van der Waals surface area contributed by atoms with Crippen LogP contribution in [0.25, 0.3) is 0 Å². The lowest BCUT2D eigenvalue weighted by Crippen LogP contribution is -2.32. The molecule has 1 aromatic heterocycles. The van der Waals surface area contributed by atoms with Crippen molar-refractivity contribution in [1.29, 1.82) is 0 Å². The average Bonchev–Trinajstić information content (AvgIpc) is 2.88. The molecule has 1 amide bonds. The van der Waals surface area contributed by atoms with Crippen LogP contribution in [0.4, 0.5) is 0 Å². The molecule has 1 aliphatic heterocycles. The predicted octanol–water partition coefficient (Wildman–Crippen LogP) is 0.935. The van der Waals surface area contributed by atoms with Crippen LogP contribution in [-0.2, 0) is 4.74 Å². The van der Waals surface area contributed by atoms with E-state index in [1.54, 1.807) is 0 Å². The Morgan fingerprint density at radius 2 is 2.44 bits per heavy atom. The van der Waals surface area contributed by atoms with Gasteiger partial charge in [0.15, 0.2) is 5.69 Å². The van der Waals surface area contributed by atoms with Crippen molar-refractivity contribution in [3.8, 4) is 0 Å². The Kier molecular flexibility index (Phi) is 3.24. The Morgan fingerprint density at radius 3 is 3.00 bits per heavy atom. The molecular weight excluding hydrogens is 206 g/mol. The van der Waals surface area contributed by atoms with Crippen molar-refractivity contribution >= 4 is 5.91 Å². The highest BCUT2D eigenvalue weighted by molar-refractivity contribution is 5.93. The van der Waals surface area contributed by atoms with E-state index >= 15 is 0 Å². The number of hydrogen-bond donors (Lipinski definition) is 2. The van der Waals surface area contributed by atoms with Crippen molar-refractivity contribution in [2.45, 2.75) is 32.8 Å². The summed E-state index contributed by atoms with van der Waals surface area (Å²) in [6, 6.07) is 0. The normalized spacial score (nSPS) is 20.0. The zero-order chi connectivity index (χ0) is 11.5. The number of ether oxygens (including phenoxy) is 1. The third kappa shape index (κ3) is 2.24. The van der Waals surface area contributed by atoms with Crippen LogP contribution in [0.3, 0.4) is 0 Å². The highest BCUT2D eigenvalue weighted by atomic mass is 16.5. The maximum absolute atomic E-state index is 11.8. The Morgan fingerprint density at radius 1 is 1.62 bits per heavy atom. The van der Waals surface area contributed by atoms with Gasteiger partial charge in [0.05, 0.1) is 6.10 Å². The molecule has 5 nitrogen and oxygen atoms in total. The number of aryl methyl sites for hydroxylation is 1. The standard InChI is InChI=1S/C11H17N3O2/c1-7-8(2)13-14-10(7)11(15)12-6-9-4-3-5-16-9/h9H,3-6H2,1-2H3,(H,12,15)(H,13,14). The van der Waals surface area contributed by atoms with Crippen molar-refractivity contribution in [2.75, 3.05) is 13.2 Å². The van der Waals surface area contributed by atoms with Crippen molar-refractivity contribution in [3.63, 3.8) is 0 Å². The number of nitrogens with one attached hydrogen (secondary N) is 2. The van der Waals surface area contributed by atoms with Gasteiger partial charge in [0.25, 0.3) is 5.91 Å². The summed E-state index contributed by atoms with van der Waals surface area (Å²) in [4.78, 5) is 11.8. The van der Waals surface area contributed by atoms with E-state index in [0.29, 0.717) is 12.2 Å². The highest BCUT2D eigenvalue weighted by Crippen LogP contribution is 2.11. The van der Waals surface area contributed by atoms with Crippen molar-refractivity contribution in [1.82, 2.24) is 15.5 Å². The fourth-order valence-electron chi connectivity index (χ4n) is 1.80. The SMILES string of the molecule is Cc1[nH]nc(C(=O)NCC2CCCO2)c1C. The van der Waals surface area contributed by atoms with Gasteiger partial charge in [0.2, 0.25) is 0 Å². The van der Waals surface area contributed by atoms with Gasteiger partial charge in [-0.15, -0.1) is 0 Å². The largest absolute Gasteiger partial charge is 0.376 e. The van der Waals surface area contributed by atoms with Gasteiger partial charge in [0.1, 0.15) is 0 Å². The quantitative estimate of drug-likeness (QED) is 0.801. The average molecular weight is 223 g/mol. The van der Waals surface area contributed by atoms with E-state index < -0.39 is 0 Å². The Bertz CT molecular complexity index is 381. The molecule has 1 saturated heterocycles. The van der Waals surface area contributed by atoms with Gasteiger partial charge < -0.3 is 10.1 Å². The maximum atomic E-state index is 11.8. The van der Waals surface area contributed by atoms with Crippen LogP contribution >= 0.6 is 0 Å². The molecule has 1 aliphatic rings.